The van der Waals surface area contributed by atoms with E-state index in [4.69, 9.17) is 0 Å². The topological polar surface area (TPSA) is 49.4 Å². The van der Waals surface area contributed by atoms with E-state index in [0.29, 0.717) is 18.8 Å². The summed E-state index contributed by atoms with van der Waals surface area (Å²) in [4.78, 5) is 27.4. The van der Waals surface area contributed by atoms with Gasteiger partial charge in [0.2, 0.25) is 11.8 Å². The van der Waals surface area contributed by atoms with Gasteiger partial charge < -0.3 is 10.2 Å². The van der Waals surface area contributed by atoms with Gasteiger partial charge in [0.25, 0.3) is 0 Å². The van der Waals surface area contributed by atoms with Gasteiger partial charge in [-0.1, -0.05) is 57.2 Å². The third kappa shape index (κ3) is 7.50. The molecule has 1 N–H and O–H groups in total. The van der Waals surface area contributed by atoms with Crippen LogP contribution in [0.3, 0.4) is 0 Å². The van der Waals surface area contributed by atoms with Crippen LogP contribution in [0.25, 0.3) is 0 Å². The van der Waals surface area contributed by atoms with Crippen LogP contribution in [-0.4, -0.2) is 28.8 Å². The molecule has 31 heavy (non-hydrogen) atoms. The summed E-state index contributed by atoms with van der Waals surface area (Å²) in [6, 6.07) is 13.8. The van der Waals surface area contributed by atoms with Crippen molar-refractivity contribution in [2.24, 2.45) is 0 Å². The number of hydrogen-bond acceptors (Lipinski definition) is 2. The van der Waals surface area contributed by atoms with E-state index in [2.05, 4.69) is 43.4 Å². The zero-order valence-electron chi connectivity index (χ0n) is 19.3. The second kappa shape index (κ2) is 11.6. The minimum atomic E-state index is -0.616. The molecule has 0 fully saturated rings. The highest BCUT2D eigenvalue weighted by Crippen LogP contribution is 2.17. The Morgan fingerprint density at radius 2 is 1.52 bits per heavy atom. The highest BCUT2D eigenvalue weighted by Gasteiger charge is 2.26. The number of carbonyl (C=O) groups excluding carboxylic acids is 2. The Labute approximate surface area is 185 Å². The molecule has 4 nitrogen and oxygen atoms in total. The van der Waals surface area contributed by atoms with E-state index in [1.165, 1.54) is 17.7 Å². The molecule has 0 aromatic heterocycles. The summed E-state index contributed by atoms with van der Waals surface area (Å²) >= 11 is 0. The first kappa shape index (κ1) is 24.6. The maximum atomic E-state index is 13.3. The molecule has 0 aliphatic heterocycles. The lowest BCUT2D eigenvalue weighted by molar-refractivity contribution is -0.140. The maximum Gasteiger partial charge on any atom is 0.242 e. The molecule has 0 radical (unpaired) electrons. The van der Waals surface area contributed by atoms with Crippen molar-refractivity contribution in [2.45, 2.75) is 78.4 Å². The van der Waals surface area contributed by atoms with Crippen molar-refractivity contribution in [2.75, 3.05) is 0 Å². The number of hydrogen-bond donors (Lipinski definition) is 1. The molecule has 0 aliphatic rings. The largest absolute Gasteiger partial charge is 0.352 e. The van der Waals surface area contributed by atoms with Crippen molar-refractivity contribution in [1.82, 2.24) is 10.2 Å². The Morgan fingerprint density at radius 1 is 0.935 bits per heavy atom. The number of nitrogens with one attached hydrogen (secondary N) is 1. The fourth-order valence-electron chi connectivity index (χ4n) is 3.30. The average Bonchev–Trinajstić information content (AvgIpc) is 2.76. The van der Waals surface area contributed by atoms with Gasteiger partial charge in [-0.3, -0.25) is 9.59 Å². The molecule has 0 bridgehead atoms. The SMILES string of the molecule is CC[C@H](C)NC(=O)[C@H](C)N(Cc1ccc(F)cc1)C(=O)CCc1ccc(C(C)C)cc1. The van der Waals surface area contributed by atoms with Crippen molar-refractivity contribution in [3.63, 3.8) is 0 Å². The number of amides is 2. The van der Waals surface area contributed by atoms with Gasteiger partial charge in [-0.25, -0.2) is 4.39 Å². The molecule has 5 heteroatoms. The molecule has 0 saturated heterocycles. The van der Waals surface area contributed by atoms with Gasteiger partial charge >= 0.3 is 0 Å². The van der Waals surface area contributed by atoms with Crippen LogP contribution in [0, 0.1) is 5.82 Å². The molecule has 2 aromatic carbocycles. The predicted molar refractivity (Wildman–Crippen MR) is 123 cm³/mol. The number of aryl methyl sites for hydroxylation is 1. The number of nitrogens with zero attached hydrogens (tertiary/aromatic N) is 1. The first-order valence-electron chi connectivity index (χ1n) is 11.1. The lowest BCUT2D eigenvalue weighted by Gasteiger charge is -2.30. The lowest BCUT2D eigenvalue weighted by atomic mass is 10.00. The Bertz CT molecular complexity index is 847. The van der Waals surface area contributed by atoms with Crippen molar-refractivity contribution < 1.29 is 14.0 Å². The summed E-state index contributed by atoms with van der Waals surface area (Å²) in [5.74, 6) is -0.129. The number of benzene rings is 2. The Balaban J connectivity index is 2.12. The van der Waals surface area contributed by atoms with E-state index >= 15 is 0 Å². The predicted octanol–water partition coefficient (Wildman–Crippen LogP) is 5.21. The maximum absolute atomic E-state index is 13.3. The monoisotopic (exact) mass is 426 g/mol. The highest BCUT2D eigenvalue weighted by molar-refractivity contribution is 5.87. The summed E-state index contributed by atoms with van der Waals surface area (Å²) in [5.41, 5.74) is 3.15. The molecule has 0 aliphatic carbocycles. The van der Waals surface area contributed by atoms with Crippen molar-refractivity contribution in [1.29, 1.82) is 0 Å². The Hall–Kier alpha value is -2.69. The van der Waals surface area contributed by atoms with Crippen LogP contribution >= 0.6 is 0 Å². The van der Waals surface area contributed by atoms with Crippen molar-refractivity contribution >= 4 is 11.8 Å². The molecule has 2 atom stereocenters. The average molecular weight is 427 g/mol. The molecule has 0 saturated carbocycles. The Kier molecular flexibility index (Phi) is 9.22. The van der Waals surface area contributed by atoms with Crippen LogP contribution in [0.2, 0.25) is 0 Å². The molecule has 0 unspecified atom stereocenters. The van der Waals surface area contributed by atoms with E-state index < -0.39 is 6.04 Å². The van der Waals surface area contributed by atoms with Crippen LogP contribution < -0.4 is 5.32 Å². The standard InChI is InChI=1S/C26H35FN2O2/c1-6-19(4)28-26(31)20(5)29(17-22-9-14-24(27)15-10-22)25(30)16-11-21-7-12-23(13-8-21)18(2)3/h7-10,12-15,18-20H,6,11,16-17H2,1-5H3,(H,28,31)/t19-,20-/m0/s1. The summed E-state index contributed by atoms with van der Waals surface area (Å²) < 4.78 is 13.3. The molecule has 0 heterocycles. The van der Waals surface area contributed by atoms with E-state index in [-0.39, 0.29) is 30.2 Å². The van der Waals surface area contributed by atoms with E-state index in [1.807, 2.05) is 13.8 Å². The molecular weight excluding hydrogens is 391 g/mol. The van der Waals surface area contributed by atoms with Crippen LogP contribution in [0.1, 0.15) is 70.1 Å². The van der Waals surface area contributed by atoms with E-state index in [9.17, 15) is 14.0 Å². The minimum absolute atomic E-state index is 0.0391. The molecular formula is C26H35FN2O2. The third-order valence-corrected chi connectivity index (χ3v) is 5.71. The molecule has 2 rings (SSSR count). The van der Waals surface area contributed by atoms with Crippen molar-refractivity contribution in [3.05, 3.63) is 71.0 Å². The quantitative estimate of drug-likeness (QED) is 0.567. The van der Waals surface area contributed by atoms with Gasteiger partial charge in [0, 0.05) is 19.0 Å². The zero-order chi connectivity index (χ0) is 23.0. The summed E-state index contributed by atoms with van der Waals surface area (Å²) in [7, 11) is 0. The van der Waals surface area contributed by atoms with Crippen LogP contribution in [0.5, 0.6) is 0 Å². The van der Waals surface area contributed by atoms with Gasteiger partial charge in [0.15, 0.2) is 0 Å². The second-order valence-electron chi connectivity index (χ2n) is 8.54. The highest BCUT2D eigenvalue weighted by atomic mass is 19.1. The molecule has 168 valence electrons. The third-order valence-electron chi connectivity index (χ3n) is 5.71. The molecule has 2 amide bonds. The van der Waals surface area contributed by atoms with Crippen LogP contribution in [0.4, 0.5) is 4.39 Å². The van der Waals surface area contributed by atoms with Crippen LogP contribution in [0.15, 0.2) is 48.5 Å². The Morgan fingerprint density at radius 3 is 2.06 bits per heavy atom. The molecule has 2 aromatic rings. The summed E-state index contributed by atoms with van der Waals surface area (Å²) in [6.45, 7) is 10.3. The van der Waals surface area contributed by atoms with Crippen LogP contribution in [-0.2, 0) is 22.6 Å². The fraction of sp³-hybridized carbons (Fsp3) is 0.462. The number of rotatable bonds is 10. The van der Waals surface area contributed by atoms with E-state index in [0.717, 1.165) is 17.5 Å². The zero-order valence-corrected chi connectivity index (χ0v) is 19.3. The van der Waals surface area contributed by atoms with Gasteiger partial charge in [-0.2, -0.15) is 0 Å². The number of carbonyl (C=O) groups is 2. The first-order valence-corrected chi connectivity index (χ1v) is 11.1. The lowest BCUT2D eigenvalue weighted by Crippen LogP contribution is -2.49. The summed E-state index contributed by atoms with van der Waals surface area (Å²) in [6.07, 6.45) is 1.73. The fourth-order valence-corrected chi connectivity index (χ4v) is 3.30. The smallest absolute Gasteiger partial charge is 0.242 e. The van der Waals surface area contributed by atoms with E-state index in [1.54, 1.807) is 24.0 Å². The first-order chi connectivity index (χ1) is 14.7. The summed E-state index contributed by atoms with van der Waals surface area (Å²) in [5, 5.41) is 2.96. The van der Waals surface area contributed by atoms with Gasteiger partial charge in [-0.15, -0.1) is 0 Å². The van der Waals surface area contributed by atoms with Gasteiger partial charge in [0.1, 0.15) is 11.9 Å². The minimum Gasteiger partial charge on any atom is -0.352 e. The van der Waals surface area contributed by atoms with Crippen molar-refractivity contribution in [3.8, 4) is 0 Å². The second-order valence-corrected chi connectivity index (χ2v) is 8.54. The number of halogens is 1. The van der Waals surface area contributed by atoms with Gasteiger partial charge in [0.05, 0.1) is 0 Å². The molecule has 0 spiro atoms. The normalized spacial score (nSPS) is 13.0. The van der Waals surface area contributed by atoms with Gasteiger partial charge in [-0.05, 0) is 61.4 Å².